The lowest BCUT2D eigenvalue weighted by molar-refractivity contribution is -0.0895. The van der Waals surface area contributed by atoms with Crippen molar-refractivity contribution in [1.82, 2.24) is 10.2 Å². The molecule has 4 aliphatic carbocycles. The van der Waals surface area contributed by atoms with Gasteiger partial charge >= 0.3 is 0 Å². The second kappa shape index (κ2) is 4.46. The van der Waals surface area contributed by atoms with Gasteiger partial charge in [-0.2, -0.15) is 0 Å². The lowest BCUT2D eigenvalue weighted by atomic mass is 9.47. The molecule has 4 bridgehead atoms. The zero-order valence-corrected chi connectivity index (χ0v) is 12.7. The molecule has 5 aliphatic rings. The first-order chi connectivity index (χ1) is 9.20. The highest BCUT2D eigenvalue weighted by Gasteiger charge is 2.55. The van der Waals surface area contributed by atoms with E-state index in [-0.39, 0.29) is 0 Å². The van der Waals surface area contributed by atoms with E-state index >= 15 is 0 Å². The molecule has 0 aromatic rings. The van der Waals surface area contributed by atoms with Gasteiger partial charge in [0.2, 0.25) is 0 Å². The highest BCUT2D eigenvalue weighted by atomic mass is 15.1. The predicted octanol–water partition coefficient (Wildman–Crippen LogP) is 2.74. The van der Waals surface area contributed by atoms with Crippen LogP contribution in [0.3, 0.4) is 0 Å². The van der Waals surface area contributed by atoms with Gasteiger partial charge in [-0.3, -0.25) is 0 Å². The van der Waals surface area contributed by atoms with Gasteiger partial charge in [0.25, 0.3) is 0 Å². The summed E-state index contributed by atoms with van der Waals surface area (Å²) >= 11 is 0. The molecule has 108 valence electrons. The largest absolute Gasteiger partial charge is 0.314 e. The van der Waals surface area contributed by atoms with Crippen molar-refractivity contribution in [1.29, 1.82) is 0 Å². The molecule has 0 atom stereocenters. The third-order valence-corrected chi connectivity index (χ3v) is 7.24. The summed E-state index contributed by atoms with van der Waals surface area (Å²) in [5, 5.41) is 3.84. The van der Waals surface area contributed by atoms with Crippen molar-refractivity contribution in [3.05, 3.63) is 0 Å². The van der Waals surface area contributed by atoms with E-state index in [1.165, 1.54) is 25.9 Å². The molecule has 4 saturated carbocycles. The quantitative estimate of drug-likeness (QED) is 0.823. The highest BCUT2D eigenvalue weighted by molar-refractivity contribution is 5.08. The molecule has 0 amide bonds. The Morgan fingerprint density at radius 3 is 1.89 bits per heavy atom. The fourth-order valence-electron chi connectivity index (χ4n) is 6.60. The van der Waals surface area contributed by atoms with Gasteiger partial charge in [0.1, 0.15) is 0 Å². The zero-order valence-electron chi connectivity index (χ0n) is 12.7. The second-order valence-corrected chi connectivity index (χ2v) is 8.17. The van der Waals surface area contributed by atoms with Gasteiger partial charge in [-0.05, 0) is 102 Å². The van der Waals surface area contributed by atoms with Gasteiger partial charge in [0, 0.05) is 5.54 Å². The number of hydrogen-bond donors (Lipinski definition) is 1. The molecule has 19 heavy (non-hydrogen) atoms. The molecule has 0 radical (unpaired) electrons. The molecule has 1 N–H and O–H groups in total. The van der Waals surface area contributed by atoms with Crippen molar-refractivity contribution in [3.8, 4) is 0 Å². The molecule has 1 heterocycles. The Bertz CT molecular complexity index is 315. The van der Waals surface area contributed by atoms with Crippen LogP contribution in [-0.4, -0.2) is 37.6 Å². The number of rotatable bonds is 2. The van der Waals surface area contributed by atoms with E-state index in [0.29, 0.717) is 5.54 Å². The Morgan fingerprint density at radius 2 is 1.42 bits per heavy atom. The lowest BCUT2D eigenvalue weighted by Crippen LogP contribution is -2.63. The minimum atomic E-state index is 0.481. The molecule has 1 saturated heterocycles. The molecule has 0 unspecified atom stereocenters. The van der Waals surface area contributed by atoms with Crippen LogP contribution in [0.15, 0.2) is 0 Å². The highest BCUT2D eigenvalue weighted by Crippen LogP contribution is 2.60. The van der Waals surface area contributed by atoms with Crippen molar-refractivity contribution in [3.63, 3.8) is 0 Å². The van der Waals surface area contributed by atoms with E-state index in [4.69, 9.17) is 0 Å². The van der Waals surface area contributed by atoms with Gasteiger partial charge in [0.05, 0.1) is 0 Å². The smallest absolute Gasteiger partial charge is 0.0236 e. The van der Waals surface area contributed by atoms with E-state index in [9.17, 15) is 0 Å². The van der Waals surface area contributed by atoms with E-state index < -0.39 is 0 Å². The number of nitrogens with zero attached hydrogens (tertiary/aromatic N) is 1. The average Bonchev–Trinajstić information content (AvgIpc) is 2.40. The van der Waals surface area contributed by atoms with Gasteiger partial charge < -0.3 is 10.2 Å². The lowest BCUT2D eigenvalue weighted by Gasteiger charge is -2.61. The monoisotopic (exact) mass is 262 g/mol. The Labute approximate surface area is 118 Å². The SMILES string of the molecule is CNC1(C2C3CC4CC(C3)CC2C4)CCN(C)CC1. The van der Waals surface area contributed by atoms with Crippen LogP contribution in [0, 0.1) is 29.6 Å². The second-order valence-electron chi connectivity index (χ2n) is 8.17. The minimum Gasteiger partial charge on any atom is -0.314 e. The Kier molecular flexibility index (Phi) is 2.97. The molecule has 5 rings (SSSR count). The van der Waals surface area contributed by atoms with Crippen molar-refractivity contribution in [2.75, 3.05) is 27.2 Å². The maximum absolute atomic E-state index is 3.84. The topological polar surface area (TPSA) is 15.3 Å². The van der Waals surface area contributed by atoms with Crippen LogP contribution in [0.5, 0.6) is 0 Å². The van der Waals surface area contributed by atoms with Crippen LogP contribution in [0.25, 0.3) is 0 Å². The maximum atomic E-state index is 3.84. The summed E-state index contributed by atoms with van der Waals surface area (Å²) in [7, 11) is 4.53. The number of piperidine rings is 1. The Hall–Kier alpha value is -0.0800. The summed E-state index contributed by atoms with van der Waals surface area (Å²) < 4.78 is 0. The van der Waals surface area contributed by atoms with E-state index in [0.717, 1.165) is 29.6 Å². The Morgan fingerprint density at radius 1 is 0.895 bits per heavy atom. The van der Waals surface area contributed by atoms with Gasteiger partial charge in [-0.1, -0.05) is 0 Å². The van der Waals surface area contributed by atoms with E-state index in [1.54, 1.807) is 32.1 Å². The molecule has 1 aliphatic heterocycles. The van der Waals surface area contributed by atoms with Gasteiger partial charge in [-0.15, -0.1) is 0 Å². The number of nitrogens with one attached hydrogen (secondary N) is 1. The van der Waals surface area contributed by atoms with Crippen LogP contribution in [0.2, 0.25) is 0 Å². The number of hydrogen-bond acceptors (Lipinski definition) is 2. The summed E-state index contributed by atoms with van der Waals surface area (Å²) in [6, 6.07) is 0. The standard InChI is InChI=1S/C17H30N2/c1-18-17(3-5-19(2)6-4-17)16-14-8-12-7-13(10-14)11-15(16)9-12/h12-16,18H,3-11H2,1-2H3. The third-order valence-electron chi connectivity index (χ3n) is 7.24. The van der Waals surface area contributed by atoms with Crippen LogP contribution in [0.4, 0.5) is 0 Å². The van der Waals surface area contributed by atoms with Crippen LogP contribution in [0.1, 0.15) is 44.9 Å². The first kappa shape index (κ1) is 12.6. The summed E-state index contributed by atoms with van der Waals surface area (Å²) in [5.74, 6) is 5.34. The maximum Gasteiger partial charge on any atom is 0.0236 e. The van der Waals surface area contributed by atoms with E-state index in [1.807, 2.05) is 0 Å². The average molecular weight is 262 g/mol. The van der Waals surface area contributed by atoms with Gasteiger partial charge in [-0.25, -0.2) is 0 Å². The van der Waals surface area contributed by atoms with Crippen molar-refractivity contribution >= 4 is 0 Å². The molecule has 0 spiro atoms. The first-order valence-electron chi connectivity index (χ1n) is 8.57. The predicted molar refractivity (Wildman–Crippen MR) is 79.1 cm³/mol. The van der Waals surface area contributed by atoms with Crippen LogP contribution >= 0.6 is 0 Å². The minimum absolute atomic E-state index is 0.481. The van der Waals surface area contributed by atoms with Crippen molar-refractivity contribution in [2.24, 2.45) is 29.6 Å². The molecular formula is C17H30N2. The summed E-state index contributed by atoms with van der Waals surface area (Å²) in [6.45, 7) is 2.59. The van der Waals surface area contributed by atoms with Crippen LogP contribution in [-0.2, 0) is 0 Å². The molecular weight excluding hydrogens is 232 g/mol. The van der Waals surface area contributed by atoms with E-state index in [2.05, 4.69) is 24.3 Å². The number of likely N-dealkylation sites (tertiary alicyclic amines) is 1. The fraction of sp³-hybridized carbons (Fsp3) is 1.00. The molecule has 0 aromatic heterocycles. The third kappa shape index (κ3) is 1.90. The molecule has 2 heteroatoms. The van der Waals surface area contributed by atoms with Crippen LogP contribution < -0.4 is 5.32 Å². The Balaban J connectivity index is 1.60. The summed E-state index contributed by atoms with van der Waals surface area (Å²) in [6.07, 6.45) is 10.6. The van der Waals surface area contributed by atoms with Crippen molar-refractivity contribution < 1.29 is 0 Å². The summed E-state index contributed by atoms with van der Waals surface area (Å²) in [5.41, 5.74) is 0.481. The fourth-order valence-corrected chi connectivity index (χ4v) is 6.60. The molecule has 2 nitrogen and oxygen atoms in total. The normalized spacial score (nSPS) is 48.6. The zero-order chi connectivity index (χ0) is 13.0. The molecule has 5 fully saturated rings. The first-order valence-corrected chi connectivity index (χ1v) is 8.57. The molecule has 0 aromatic carbocycles. The van der Waals surface area contributed by atoms with Gasteiger partial charge in [0.15, 0.2) is 0 Å². The summed E-state index contributed by atoms with van der Waals surface area (Å²) in [4.78, 5) is 2.52. The van der Waals surface area contributed by atoms with Crippen molar-refractivity contribution in [2.45, 2.75) is 50.5 Å².